The Balaban J connectivity index is 1.60. The molecule has 1 N–H and O–H groups in total. The highest BCUT2D eigenvalue weighted by Crippen LogP contribution is 2.30. The Hall–Kier alpha value is -3.48. The molecule has 0 aliphatic heterocycles. The molecule has 2 aromatic carbocycles. The van der Waals surface area contributed by atoms with Crippen LogP contribution in [0.25, 0.3) is 16.9 Å². The zero-order valence-corrected chi connectivity index (χ0v) is 19.9. The second kappa shape index (κ2) is 10.2. The van der Waals surface area contributed by atoms with Crippen LogP contribution in [-0.4, -0.2) is 39.4 Å². The monoisotopic (exact) mass is 462 g/mol. The molecule has 1 aromatic heterocycles. The number of carbonyl (C=O) groups is 2. The Morgan fingerprint density at radius 2 is 1.91 bits per heavy atom. The zero-order chi connectivity index (χ0) is 24.2. The van der Waals surface area contributed by atoms with Gasteiger partial charge in [0, 0.05) is 24.7 Å². The van der Waals surface area contributed by atoms with Crippen LogP contribution < -0.4 is 5.32 Å². The maximum Gasteiger partial charge on any atom is 0.246 e. The van der Waals surface area contributed by atoms with E-state index in [0.29, 0.717) is 35.8 Å². The molecule has 4 rings (SSSR count). The van der Waals surface area contributed by atoms with Gasteiger partial charge in [-0.1, -0.05) is 50.2 Å². The summed E-state index contributed by atoms with van der Waals surface area (Å²) in [6.07, 6.45) is 4.38. The molecule has 2 amide bonds. The van der Waals surface area contributed by atoms with Crippen LogP contribution in [0, 0.1) is 24.6 Å². The maximum absolute atomic E-state index is 14.3. The van der Waals surface area contributed by atoms with Gasteiger partial charge in [0.1, 0.15) is 5.82 Å². The Morgan fingerprint density at radius 1 is 1.18 bits per heavy atom. The van der Waals surface area contributed by atoms with E-state index in [-0.39, 0.29) is 36.0 Å². The fraction of sp³-hybridized carbons (Fsp3) is 0.370. The number of halogens is 1. The number of benzene rings is 2. The van der Waals surface area contributed by atoms with Gasteiger partial charge in [0.25, 0.3) is 0 Å². The number of amides is 2. The number of aromatic nitrogens is 2. The first kappa shape index (κ1) is 23.7. The van der Waals surface area contributed by atoms with E-state index in [1.165, 1.54) is 6.07 Å². The van der Waals surface area contributed by atoms with Gasteiger partial charge < -0.3 is 4.90 Å². The van der Waals surface area contributed by atoms with Gasteiger partial charge in [-0.25, -0.2) is 9.37 Å². The van der Waals surface area contributed by atoms with Crippen LogP contribution in [0.3, 0.4) is 0 Å². The lowest BCUT2D eigenvalue weighted by Gasteiger charge is -2.23. The van der Waals surface area contributed by atoms with E-state index < -0.39 is 0 Å². The van der Waals surface area contributed by atoms with Crippen molar-refractivity contribution in [1.82, 2.24) is 14.5 Å². The van der Waals surface area contributed by atoms with Crippen LogP contribution in [0.4, 0.5) is 10.3 Å². The van der Waals surface area contributed by atoms with E-state index in [9.17, 15) is 14.0 Å². The highest BCUT2D eigenvalue weighted by Gasteiger charge is 2.28. The lowest BCUT2D eigenvalue weighted by Crippen LogP contribution is -2.40. The summed E-state index contributed by atoms with van der Waals surface area (Å²) in [4.78, 5) is 32.1. The van der Waals surface area contributed by atoms with Crippen molar-refractivity contribution in [1.29, 1.82) is 0 Å². The molecule has 1 aliphatic rings. The molecule has 1 saturated carbocycles. The topological polar surface area (TPSA) is 67.2 Å². The first-order valence-corrected chi connectivity index (χ1v) is 11.8. The lowest BCUT2D eigenvalue weighted by atomic mass is 10.1. The molecule has 1 heterocycles. The number of rotatable bonds is 9. The molecule has 34 heavy (non-hydrogen) atoms. The molecule has 178 valence electrons. The van der Waals surface area contributed by atoms with E-state index in [1.807, 2.05) is 44.2 Å². The molecule has 0 atom stereocenters. The van der Waals surface area contributed by atoms with Crippen molar-refractivity contribution in [3.63, 3.8) is 0 Å². The SMILES string of the molecule is Cc1ccc(-n2cc(-c3ccccc3)nc2NC(=O)CN(CC2CC2)C(=O)CC(C)C)cc1F. The number of nitrogens with zero attached hydrogens (tertiary/aromatic N) is 3. The molecule has 0 radical (unpaired) electrons. The average Bonchev–Trinajstić information content (AvgIpc) is 3.52. The average molecular weight is 463 g/mol. The molecule has 7 heteroatoms. The summed E-state index contributed by atoms with van der Waals surface area (Å²) in [5.41, 5.74) is 2.63. The highest BCUT2D eigenvalue weighted by atomic mass is 19.1. The predicted octanol–water partition coefficient (Wildman–Crippen LogP) is 5.21. The number of hydrogen-bond acceptors (Lipinski definition) is 3. The standard InChI is InChI=1S/C27H31FN4O2/c1-18(2)13-26(34)31(15-20-10-11-20)17-25(33)30-27-29-24(21-7-5-4-6-8-21)16-32(27)22-12-9-19(3)23(28)14-22/h4-9,12,14,16,18,20H,10-11,13,15,17H2,1-3H3,(H,29,30,33). The minimum atomic E-state index is -0.334. The molecule has 6 nitrogen and oxygen atoms in total. The van der Waals surface area contributed by atoms with Crippen molar-refractivity contribution in [2.24, 2.45) is 11.8 Å². The van der Waals surface area contributed by atoms with Crippen LogP contribution in [0.15, 0.2) is 54.7 Å². The number of imidazole rings is 1. The summed E-state index contributed by atoms with van der Waals surface area (Å²) >= 11 is 0. The van der Waals surface area contributed by atoms with Gasteiger partial charge in [-0.2, -0.15) is 0 Å². The van der Waals surface area contributed by atoms with Gasteiger partial charge in [0.15, 0.2) is 0 Å². The van der Waals surface area contributed by atoms with E-state index in [4.69, 9.17) is 0 Å². The normalized spacial score (nSPS) is 13.2. The van der Waals surface area contributed by atoms with Crippen LogP contribution in [0.2, 0.25) is 0 Å². The van der Waals surface area contributed by atoms with Crippen molar-refractivity contribution in [3.05, 3.63) is 66.1 Å². The largest absolute Gasteiger partial charge is 0.333 e. The summed E-state index contributed by atoms with van der Waals surface area (Å²) in [6, 6.07) is 14.5. The number of nitrogens with one attached hydrogen (secondary N) is 1. The molecule has 0 unspecified atom stereocenters. The van der Waals surface area contributed by atoms with Gasteiger partial charge in [-0.05, 0) is 49.3 Å². The van der Waals surface area contributed by atoms with Gasteiger partial charge in [-0.15, -0.1) is 0 Å². The summed E-state index contributed by atoms with van der Waals surface area (Å²) in [7, 11) is 0. The van der Waals surface area contributed by atoms with Crippen LogP contribution in [-0.2, 0) is 9.59 Å². The highest BCUT2D eigenvalue weighted by molar-refractivity contribution is 5.94. The lowest BCUT2D eigenvalue weighted by molar-refractivity contribution is -0.135. The quantitative estimate of drug-likeness (QED) is 0.475. The van der Waals surface area contributed by atoms with Gasteiger partial charge >= 0.3 is 0 Å². The third-order valence-electron chi connectivity index (χ3n) is 5.91. The van der Waals surface area contributed by atoms with Gasteiger partial charge in [0.05, 0.1) is 17.9 Å². The second-order valence-electron chi connectivity index (χ2n) is 9.48. The van der Waals surface area contributed by atoms with Gasteiger partial charge in [-0.3, -0.25) is 19.5 Å². The molecule has 0 spiro atoms. The van der Waals surface area contributed by atoms with Crippen molar-refractivity contribution in [2.45, 2.75) is 40.0 Å². The van der Waals surface area contributed by atoms with E-state index >= 15 is 0 Å². The van der Waals surface area contributed by atoms with E-state index in [1.54, 1.807) is 34.7 Å². The van der Waals surface area contributed by atoms with Crippen molar-refractivity contribution in [2.75, 3.05) is 18.4 Å². The number of aryl methyl sites for hydroxylation is 1. The number of hydrogen-bond donors (Lipinski definition) is 1. The van der Waals surface area contributed by atoms with Crippen molar-refractivity contribution in [3.8, 4) is 16.9 Å². The maximum atomic E-state index is 14.3. The molecule has 1 fully saturated rings. The minimum Gasteiger partial charge on any atom is -0.333 e. The van der Waals surface area contributed by atoms with E-state index in [2.05, 4.69) is 10.3 Å². The Bertz CT molecular complexity index is 1170. The summed E-state index contributed by atoms with van der Waals surface area (Å²) in [5, 5.41) is 2.86. The molecular formula is C27H31FN4O2. The van der Waals surface area contributed by atoms with Gasteiger partial charge in [0.2, 0.25) is 17.8 Å². The fourth-order valence-electron chi connectivity index (χ4n) is 3.83. The van der Waals surface area contributed by atoms with E-state index in [0.717, 1.165) is 18.4 Å². The summed E-state index contributed by atoms with van der Waals surface area (Å²) in [6.45, 7) is 6.27. The minimum absolute atomic E-state index is 0.00836. The Labute approximate surface area is 199 Å². The Morgan fingerprint density at radius 3 is 2.56 bits per heavy atom. The van der Waals surface area contributed by atoms with Crippen molar-refractivity contribution >= 4 is 17.8 Å². The number of carbonyl (C=O) groups excluding carboxylic acids is 2. The zero-order valence-electron chi connectivity index (χ0n) is 19.9. The second-order valence-corrected chi connectivity index (χ2v) is 9.48. The molecule has 0 bridgehead atoms. The third kappa shape index (κ3) is 5.90. The smallest absolute Gasteiger partial charge is 0.246 e. The molecule has 0 saturated heterocycles. The molecule has 1 aliphatic carbocycles. The summed E-state index contributed by atoms with van der Waals surface area (Å²) in [5.74, 6) is 0.323. The molecule has 3 aromatic rings. The fourth-order valence-corrected chi connectivity index (χ4v) is 3.83. The number of anilines is 1. The Kier molecular flexibility index (Phi) is 7.10. The summed E-state index contributed by atoms with van der Waals surface area (Å²) < 4.78 is 16.0. The first-order valence-electron chi connectivity index (χ1n) is 11.8. The van der Waals surface area contributed by atoms with Crippen molar-refractivity contribution < 1.29 is 14.0 Å². The first-order chi connectivity index (χ1) is 16.3. The van der Waals surface area contributed by atoms with Crippen LogP contribution in [0.5, 0.6) is 0 Å². The third-order valence-corrected chi connectivity index (χ3v) is 5.91. The van der Waals surface area contributed by atoms with Crippen LogP contribution in [0.1, 0.15) is 38.7 Å². The van der Waals surface area contributed by atoms with Crippen LogP contribution >= 0.6 is 0 Å². The molecular weight excluding hydrogens is 431 g/mol. The predicted molar refractivity (Wildman–Crippen MR) is 131 cm³/mol.